The lowest BCUT2D eigenvalue weighted by Crippen LogP contribution is -2.30. The molecular formula is C89H152O16P2. The Balaban J connectivity index is 4.50. The molecule has 16 nitrogen and oxygen atoms in total. The SMILES string of the molecule is CC/C=C\C/C=C\C/C=C\C/C=C\C/C=C\CCCCCCCC(=O)OCC(COP(=O)(O)OCC(O)COP(=O)(O)OCC(O)COC(=O)CCCCCCCCCCCCCCCCCCC/C=C\C/C=C\C/C=C\C/C=C\CCCCC)OC(=O)CCCCCCCCC/C=C\C/C=C\C/C=C\CC. The van der Waals surface area contributed by atoms with Crippen molar-refractivity contribution in [2.75, 3.05) is 39.6 Å². The number of hydrogen-bond acceptors (Lipinski definition) is 14. The Labute approximate surface area is 651 Å². The largest absolute Gasteiger partial charge is 0.472 e. The molecule has 0 saturated carbocycles. The number of carbonyl (C=O) groups excluding carboxylic acids is 3. The lowest BCUT2D eigenvalue weighted by atomic mass is 10.0. The molecule has 0 radical (unpaired) electrons. The molecule has 0 fully saturated rings. The molecule has 0 aromatic carbocycles. The molecular weight excluding hydrogens is 1390 g/mol. The molecule has 0 aliphatic rings. The van der Waals surface area contributed by atoms with Crippen LogP contribution in [0.1, 0.15) is 342 Å². The van der Waals surface area contributed by atoms with Gasteiger partial charge in [0.2, 0.25) is 0 Å². The second-order valence-corrected chi connectivity index (χ2v) is 30.8. The topological polar surface area (TPSA) is 231 Å². The van der Waals surface area contributed by atoms with E-state index in [1.807, 2.05) is 0 Å². The summed E-state index contributed by atoms with van der Waals surface area (Å²) in [6.45, 7) is 2.42. The summed E-state index contributed by atoms with van der Waals surface area (Å²) in [5.74, 6) is -1.60. The number of phosphoric acid groups is 2. The number of rotatable bonds is 79. The number of allylic oxidation sites excluding steroid dienone is 24. The van der Waals surface area contributed by atoms with Gasteiger partial charge < -0.3 is 34.2 Å². The van der Waals surface area contributed by atoms with E-state index in [4.69, 9.17) is 32.3 Å². The molecule has 0 rings (SSSR count). The van der Waals surface area contributed by atoms with Crippen molar-refractivity contribution in [1.29, 1.82) is 0 Å². The van der Waals surface area contributed by atoms with E-state index in [-0.39, 0.29) is 19.3 Å². The van der Waals surface area contributed by atoms with Crippen LogP contribution in [0.25, 0.3) is 0 Å². The molecule has 4 N–H and O–H groups in total. The predicted octanol–water partition coefficient (Wildman–Crippen LogP) is 25.2. The van der Waals surface area contributed by atoms with Gasteiger partial charge >= 0.3 is 33.6 Å². The van der Waals surface area contributed by atoms with Gasteiger partial charge in [-0.1, -0.05) is 327 Å². The Morgan fingerprint density at radius 1 is 0.271 bits per heavy atom. The smallest absolute Gasteiger partial charge is 0.463 e. The highest BCUT2D eigenvalue weighted by atomic mass is 31.2. The number of carbonyl (C=O) groups is 3. The second-order valence-electron chi connectivity index (χ2n) is 27.9. The van der Waals surface area contributed by atoms with Crippen molar-refractivity contribution in [3.63, 3.8) is 0 Å². The molecule has 0 saturated heterocycles. The van der Waals surface area contributed by atoms with Crippen molar-refractivity contribution < 1.29 is 75.8 Å². The third-order valence-electron chi connectivity index (χ3n) is 17.5. The number of ether oxygens (including phenoxy) is 3. The van der Waals surface area contributed by atoms with Gasteiger partial charge in [0.05, 0.1) is 26.4 Å². The quantitative estimate of drug-likeness (QED) is 0.0146. The van der Waals surface area contributed by atoms with Crippen LogP contribution in [0.15, 0.2) is 146 Å². The summed E-state index contributed by atoms with van der Waals surface area (Å²) >= 11 is 0. The molecule has 0 spiro atoms. The van der Waals surface area contributed by atoms with Crippen molar-refractivity contribution in [3.05, 3.63) is 146 Å². The molecule has 0 aromatic heterocycles. The normalized spacial score (nSPS) is 14.6. The van der Waals surface area contributed by atoms with E-state index >= 15 is 0 Å². The molecule has 614 valence electrons. The highest BCUT2D eigenvalue weighted by molar-refractivity contribution is 7.47. The summed E-state index contributed by atoms with van der Waals surface area (Å²) in [7, 11) is -9.81. The molecule has 5 atom stereocenters. The third kappa shape index (κ3) is 82.2. The van der Waals surface area contributed by atoms with Crippen LogP contribution in [0.5, 0.6) is 0 Å². The minimum absolute atomic E-state index is 0.0850. The molecule has 0 aromatic rings. The van der Waals surface area contributed by atoms with Crippen LogP contribution >= 0.6 is 15.6 Å². The fourth-order valence-corrected chi connectivity index (χ4v) is 12.8. The number of aliphatic hydroxyl groups excluding tert-OH is 2. The zero-order valence-electron chi connectivity index (χ0n) is 67.3. The first kappa shape index (κ1) is 102. The van der Waals surface area contributed by atoms with E-state index < -0.39 is 91.5 Å². The summed E-state index contributed by atoms with van der Waals surface area (Å²) in [6.07, 6.45) is 100. The number of aliphatic hydroxyl groups is 2. The lowest BCUT2D eigenvalue weighted by Gasteiger charge is -2.21. The number of phosphoric ester groups is 2. The zero-order chi connectivity index (χ0) is 78.0. The van der Waals surface area contributed by atoms with Crippen molar-refractivity contribution in [3.8, 4) is 0 Å². The lowest BCUT2D eigenvalue weighted by molar-refractivity contribution is -0.161. The molecule has 0 bridgehead atoms. The van der Waals surface area contributed by atoms with Crippen LogP contribution in [-0.4, -0.2) is 95.9 Å². The maximum absolute atomic E-state index is 13.0. The second kappa shape index (κ2) is 80.9. The zero-order valence-corrected chi connectivity index (χ0v) is 69.1. The van der Waals surface area contributed by atoms with Gasteiger partial charge in [0.25, 0.3) is 0 Å². The van der Waals surface area contributed by atoms with E-state index in [0.29, 0.717) is 19.3 Å². The van der Waals surface area contributed by atoms with Crippen molar-refractivity contribution in [2.45, 2.75) is 360 Å². The van der Waals surface area contributed by atoms with Crippen LogP contribution in [0.3, 0.4) is 0 Å². The first-order chi connectivity index (χ1) is 52.2. The first-order valence-corrected chi connectivity index (χ1v) is 45.1. The summed E-state index contributed by atoms with van der Waals surface area (Å²) in [5.41, 5.74) is 0. The molecule has 18 heteroatoms. The van der Waals surface area contributed by atoms with Gasteiger partial charge in [0.15, 0.2) is 6.10 Å². The van der Waals surface area contributed by atoms with Gasteiger partial charge in [-0.3, -0.25) is 32.5 Å². The fraction of sp³-hybridized carbons (Fsp3) is 0.697. The van der Waals surface area contributed by atoms with Crippen molar-refractivity contribution in [2.24, 2.45) is 0 Å². The van der Waals surface area contributed by atoms with Crippen LogP contribution in [0.2, 0.25) is 0 Å². The van der Waals surface area contributed by atoms with Gasteiger partial charge in [-0.05, 0) is 141 Å². The van der Waals surface area contributed by atoms with Crippen LogP contribution in [-0.2, 0) is 55.8 Å². The van der Waals surface area contributed by atoms with Gasteiger partial charge in [-0.2, -0.15) is 0 Å². The fourth-order valence-electron chi connectivity index (χ4n) is 11.2. The van der Waals surface area contributed by atoms with Gasteiger partial charge in [0.1, 0.15) is 25.4 Å². The molecule has 0 aliphatic carbocycles. The van der Waals surface area contributed by atoms with Gasteiger partial charge in [-0.25, -0.2) is 9.13 Å². The summed E-state index contributed by atoms with van der Waals surface area (Å²) in [5, 5.41) is 20.7. The Hall–Kier alpha value is -4.57. The van der Waals surface area contributed by atoms with Gasteiger partial charge in [0, 0.05) is 19.3 Å². The average Bonchev–Trinajstić information content (AvgIpc) is 0.927. The summed E-state index contributed by atoms with van der Waals surface area (Å²) < 4.78 is 61.2. The molecule has 0 heterocycles. The molecule has 0 aliphatic heterocycles. The highest BCUT2D eigenvalue weighted by Gasteiger charge is 2.29. The molecule has 5 unspecified atom stereocenters. The van der Waals surface area contributed by atoms with Crippen molar-refractivity contribution >= 4 is 33.6 Å². The highest BCUT2D eigenvalue weighted by Crippen LogP contribution is 2.45. The Morgan fingerprint density at radius 2 is 0.495 bits per heavy atom. The summed E-state index contributed by atoms with van der Waals surface area (Å²) in [6, 6.07) is 0. The number of esters is 3. The summed E-state index contributed by atoms with van der Waals surface area (Å²) in [4.78, 5) is 58.8. The standard InChI is InChI=1S/C89H152O16P2/c1-4-7-10-13-16-19-22-25-28-31-33-35-36-37-38-39-40-41-42-43-44-45-46-48-50-52-54-57-60-63-66-69-72-75-87(92)99-78-84(90)79-101-106(95,96)102-80-85(91)81-103-107(97,98)104-83-86(105-89(94)77-74-71-68-65-62-59-56-51-30-27-24-21-18-15-12-9-6-3)82-100-88(93)76-73-70-67-64-61-58-55-53-49-47-34-32-29-26-23-20-17-14-11-8-5-2/h8-9,11-12,16-21,25-30,33-35,37-38,47,53,55,84-86,90-91H,4-7,10,13-15,22-24,31-32,36,39-46,48-52,54,56-83H2,1-3H3,(H,95,96)(H,97,98)/b11-8-,12-9-,19-16-,20-17-,21-18-,28-25-,29-26-,30-27-,35-33-,38-37-,47-34-,55-53-. The van der Waals surface area contributed by atoms with Crippen LogP contribution in [0.4, 0.5) is 0 Å². The van der Waals surface area contributed by atoms with E-state index in [1.54, 1.807) is 0 Å². The van der Waals surface area contributed by atoms with Crippen LogP contribution in [0, 0.1) is 0 Å². The van der Waals surface area contributed by atoms with Crippen molar-refractivity contribution in [1.82, 2.24) is 0 Å². The molecule has 107 heavy (non-hydrogen) atoms. The Morgan fingerprint density at radius 3 is 0.785 bits per heavy atom. The van der Waals surface area contributed by atoms with E-state index in [9.17, 15) is 43.5 Å². The predicted molar refractivity (Wildman–Crippen MR) is 445 cm³/mol. The monoisotopic (exact) mass is 1540 g/mol. The first-order valence-electron chi connectivity index (χ1n) is 42.1. The van der Waals surface area contributed by atoms with E-state index in [2.05, 4.69) is 167 Å². The Bertz CT molecular complexity index is 2530. The molecule has 0 amide bonds. The Kier molecular flexibility index (Phi) is 77.5. The van der Waals surface area contributed by atoms with E-state index in [1.165, 1.54) is 116 Å². The number of unbranched alkanes of at least 4 members (excludes halogenated alkanes) is 32. The maximum atomic E-state index is 13.0. The minimum atomic E-state index is -4.94. The minimum Gasteiger partial charge on any atom is -0.463 e. The van der Waals surface area contributed by atoms with Crippen LogP contribution < -0.4 is 0 Å². The average molecular weight is 1540 g/mol. The van der Waals surface area contributed by atoms with E-state index in [0.717, 1.165) is 167 Å². The number of hydrogen-bond donors (Lipinski definition) is 4. The third-order valence-corrected chi connectivity index (χ3v) is 19.4. The maximum Gasteiger partial charge on any atom is 0.472 e. The van der Waals surface area contributed by atoms with Gasteiger partial charge in [-0.15, -0.1) is 0 Å².